The number of fused-ring (bicyclic) bond motifs is 5. The van der Waals surface area contributed by atoms with Crippen LogP contribution in [0.15, 0.2) is 24.3 Å². The van der Waals surface area contributed by atoms with Crippen molar-refractivity contribution in [1.29, 1.82) is 0 Å². The van der Waals surface area contributed by atoms with Crippen molar-refractivity contribution in [1.82, 2.24) is 10.2 Å². The number of anilines is 1. The largest absolute Gasteiger partial charge is 0.495 e. The number of ether oxygens (including phenoxy) is 5. The molecular weight excluding hydrogens is 738 g/mol. The molecule has 2 saturated heterocycles. The molecule has 54 heavy (non-hydrogen) atoms. The number of halogens is 1. The zero-order valence-corrected chi connectivity index (χ0v) is 35.0. The third-order valence-electron chi connectivity index (χ3n) is 11.1. The smallest absolute Gasteiger partial charge is 0.409 e. The van der Waals surface area contributed by atoms with E-state index in [1.54, 1.807) is 27.0 Å². The van der Waals surface area contributed by atoms with Gasteiger partial charge in [0.25, 0.3) is 0 Å². The van der Waals surface area contributed by atoms with Gasteiger partial charge in [0.1, 0.15) is 40.7 Å². The average molecular weight is 796 g/mol. The van der Waals surface area contributed by atoms with Crippen molar-refractivity contribution in [2.45, 2.75) is 134 Å². The van der Waals surface area contributed by atoms with E-state index in [9.17, 15) is 24.3 Å². The SMILES string of the molecule is COc1cc2cc(c1Cl)N(C)C(=O)CC(OC(=O)C(C)N(C)C(=O)CCC(C)(C)S)C1(C)OC1C(C)(C)C1CC(O)(NC(=O)O1)C(OC)/C=C/CC(C)C2. The summed E-state index contributed by atoms with van der Waals surface area (Å²) in [5, 5.41) is 14.7. The summed E-state index contributed by atoms with van der Waals surface area (Å²) in [6.07, 6.45) is 0.683. The Balaban J connectivity index is 1.76. The molecule has 3 heterocycles. The Labute approximate surface area is 329 Å². The summed E-state index contributed by atoms with van der Waals surface area (Å²) in [7, 11) is 6.08. The number of methoxy groups -OCH3 is 2. The Morgan fingerprint density at radius 2 is 1.87 bits per heavy atom. The lowest BCUT2D eigenvalue weighted by atomic mass is 9.73. The van der Waals surface area contributed by atoms with Gasteiger partial charge in [0.15, 0.2) is 5.72 Å². The number of hydrogen-bond donors (Lipinski definition) is 3. The van der Waals surface area contributed by atoms with Gasteiger partial charge in [-0.25, -0.2) is 9.59 Å². The number of hydrogen-bond acceptors (Lipinski definition) is 11. The number of carbonyl (C=O) groups is 4. The van der Waals surface area contributed by atoms with Crippen molar-refractivity contribution in [3.8, 4) is 5.75 Å². The first-order valence-electron chi connectivity index (χ1n) is 18.4. The molecule has 4 bridgehead atoms. The zero-order valence-electron chi connectivity index (χ0n) is 33.4. The summed E-state index contributed by atoms with van der Waals surface area (Å²) in [4.78, 5) is 56.9. The first-order valence-corrected chi connectivity index (χ1v) is 19.2. The minimum atomic E-state index is -1.82. The van der Waals surface area contributed by atoms with Crippen LogP contribution in [-0.4, -0.2) is 109 Å². The molecule has 0 saturated carbocycles. The lowest BCUT2D eigenvalue weighted by Gasteiger charge is -2.45. The van der Waals surface area contributed by atoms with E-state index in [-0.39, 0.29) is 40.9 Å². The molecule has 2 N–H and O–H groups in total. The van der Waals surface area contributed by atoms with Crippen molar-refractivity contribution < 1.29 is 48.0 Å². The number of allylic oxidation sites excluding steroid dienone is 1. The van der Waals surface area contributed by atoms with Crippen molar-refractivity contribution in [3.63, 3.8) is 0 Å². The minimum Gasteiger partial charge on any atom is -0.495 e. The highest BCUT2D eigenvalue weighted by Gasteiger charge is 2.68. The number of alkyl carbamates (subject to hydrolysis) is 1. The number of likely N-dealkylation sites (N-methyl/N-ethyl adjacent to an activating group) is 1. The second-order valence-corrected chi connectivity index (χ2v) is 18.1. The molecule has 3 amide bonds. The Bertz CT molecular complexity index is 1620. The monoisotopic (exact) mass is 795 g/mol. The predicted molar refractivity (Wildman–Crippen MR) is 208 cm³/mol. The summed E-state index contributed by atoms with van der Waals surface area (Å²) < 4.78 is 29.2. The van der Waals surface area contributed by atoms with Crippen LogP contribution in [0.25, 0.3) is 0 Å². The van der Waals surface area contributed by atoms with E-state index in [0.717, 1.165) is 5.56 Å². The Morgan fingerprint density at radius 3 is 2.48 bits per heavy atom. The topological polar surface area (TPSA) is 156 Å². The number of epoxide rings is 1. The van der Waals surface area contributed by atoms with E-state index >= 15 is 0 Å². The number of thiol groups is 1. The Hall–Kier alpha value is -3.04. The molecule has 302 valence electrons. The minimum absolute atomic E-state index is 0.0522. The second kappa shape index (κ2) is 16.6. The van der Waals surface area contributed by atoms with Crippen molar-refractivity contribution in [2.75, 3.05) is 33.2 Å². The molecule has 8 unspecified atom stereocenters. The quantitative estimate of drug-likeness (QED) is 0.134. The molecule has 4 rings (SSSR count). The Kier molecular flexibility index (Phi) is 13.4. The molecular formula is C39H58ClN3O10S. The second-order valence-electron chi connectivity index (χ2n) is 16.5. The van der Waals surface area contributed by atoms with Crippen LogP contribution in [0.2, 0.25) is 5.02 Å². The zero-order chi connectivity index (χ0) is 40.6. The molecule has 13 nitrogen and oxygen atoms in total. The van der Waals surface area contributed by atoms with Gasteiger partial charge in [-0.1, -0.05) is 58.4 Å². The van der Waals surface area contributed by atoms with Gasteiger partial charge in [-0.3, -0.25) is 14.9 Å². The fraction of sp³-hybridized carbons (Fsp3) is 0.692. The van der Waals surface area contributed by atoms with E-state index < -0.39 is 65.2 Å². The maximum atomic E-state index is 14.2. The lowest BCUT2D eigenvalue weighted by molar-refractivity contribution is -0.162. The highest BCUT2D eigenvalue weighted by molar-refractivity contribution is 7.81. The number of nitrogens with zero attached hydrogens (tertiary/aromatic N) is 2. The van der Waals surface area contributed by atoms with Crippen molar-refractivity contribution >= 4 is 53.8 Å². The number of aliphatic hydroxyl groups is 1. The number of amides is 3. The van der Waals surface area contributed by atoms with Gasteiger partial charge >= 0.3 is 12.1 Å². The number of esters is 1. The summed E-state index contributed by atoms with van der Waals surface area (Å²) in [5.74, 6) is -0.901. The average Bonchev–Trinajstić information content (AvgIpc) is 3.80. The highest BCUT2D eigenvalue weighted by Crippen LogP contribution is 2.54. The third-order valence-corrected chi connectivity index (χ3v) is 11.7. The molecule has 3 aliphatic heterocycles. The van der Waals surface area contributed by atoms with Gasteiger partial charge in [0.05, 0.1) is 25.3 Å². The van der Waals surface area contributed by atoms with Crippen LogP contribution >= 0.6 is 24.2 Å². The first-order chi connectivity index (χ1) is 25.0. The molecule has 1 aromatic carbocycles. The highest BCUT2D eigenvalue weighted by atomic mass is 35.5. The van der Waals surface area contributed by atoms with E-state index in [0.29, 0.717) is 30.7 Å². The van der Waals surface area contributed by atoms with Crippen LogP contribution in [0, 0.1) is 11.3 Å². The normalized spacial score (nSPS) is 31.3. The summed E-state index contributed by atoms with van der Waals surface area (Å²) >= 11 is 11.3. The van der Waals surface area contributed by atoms with Crippen LogP contribution in [-0.2, 0) is 39.8 Å². The van der Waals surface area contributed by atoms with E-state index in [1.807, 2.05) is 45.9 Å². The molecule has 0 radical (unpaired) electrons. The molecule has 0 spiro atoms. The molecule has 2 fully saturated rings. The fourth-order valence-electron chi connectivity index (χ4n) is 7.33. The Morgan fingerprint density at radius 1 is 1.20 bits per heavy atom. The number of benzene rings is 1. The van der Waals surface area contributed by atoms with E-state index in [1.165, 1.54) is 31.1 Å². The maximum absolute atomic E-state index is 14.2. The van der Waals surface area contributed by atoms with Gasteiger partial charge in [-0.05, 0) is 56.7 Å². The van der Waals surface area contributed by atoms with E-state index in [2.05, 4.69) is 24.9 Å². The first kappa shape index (κ1) is 43.7. The molecule has 3 aliphatic rings. The number of rotatable bonds is 8. The van der Waals surface area contributed by atoms with Crippen molar-refractivity contribution in [3.05, 3.63) is 34.9 Å². The van der Waals surface area contributed by atoms with E-state index in [4.69, 9.17) is 35.3 Å². The van der Waals surface area contributed by atoms with Gasteiger partial charge in [-0.2, -0.15) is 12.6 Å². The summed E-state index contributed by atoms with van der Waals surface area (Å²) in [6.45, 7) is 12.8. The number of carbonyl (C=O) groups excluding carboxylic acids is 4. The van der Waals surface area contributed by atoms with Gasteiger partial charge < -0.3 is 38.6 Å². The predicted octanol–water partition coefficient (Wildman–Crippen LogP) is 5.47. The van der Waals surface area contributed by atoms with Crippen LogP contribution in [0.1, 0.15) is 86.1 Å². The molecule has 15 heteroatoms. The van der Waals surface area contributed by atoms with Crippen LogP contribution < -0.4 is 15.0 Å². The fourth-order valence-corrected chi connectivity index (χ4v) is 7.76. The lowest BCUT2D eigenvalue weighted by Crippen LogP contribution is -2.65. The summed E-state index contributed by atoms with van der Waals surface area (Å²) in [6, 6.07) is 2.68. The van der Waals surface area contributed by atoms with Crippen LogP contribution in [0.3, 0.4) is 0 Å². The van der Waals surface area contributed by atoms with Crippen molar-refractivity contribution in [2.24, 2.45) is 11.3 Å². The van der Waals surface area contributed by atoms with Crippen LogP contribution in [0.4, 0.5) is 10.5 Å². The molecule has 1 aromatic rings. The third kappa shape index (κ3) is 9.66. The maximum Gasteiger partial charge on any atom is 0.409 e. The van der Waals surface area contributed by atoms with Gasteiger partial charge in [0.2, 0.25) is 11.8 Å². The molecule has 0 aliphatic carbocycles. The van der Waals surface area contributed by atoms with Gasteiger partial charge in [-0.15, -0.1) is 0 Å². The molecule has 8 atom stereocenters. The number of nitrogens with one attached hydrogen (secondary N) is 1. The van der Waals surface area contributed by atoms with Gasteiger partial charge in [0, 0.05) is 44.2 Å². The molecule has 0 aromatic heterocycles. The summed E-state index contributed by atoms with van der Waals surface area (Å²) in [5.41, 5.74) is -2.75. The van der Waals surface area contributed by atoms with Crippen LogP contribution in [0.5, 0.6) is 5.75 Å². The standard InChI is InChI=1S/C39H58ClN3O10S/c1-22-13-12-14-27(50-11)39(48)21-29(52-35(47)41-39)37(5,6)34-38(7,53-34)28(51-33(46)23(2)42(8)30(44)15-16-36(3,4)54)20-31(45)43(9)25-18-24(17-22)19-26(49-10)32(25)40/h12,14,18-19,22-23,27-29,34,48,54H,13,15-17,20-21H2,1-11H3,(H,41,47)/b14-12+.